The fraction of sp³-hybridized carbons (Fsp3) is 0.333. The Kier molecular flexibility index (Phi) is 3.82. The summed E-state index contributed by atoms with van der Waals surface area (Å²) < 4.78 is 5.58. The molecule has 1 aromatic rings. The second kappa shape index (κ2) is 4.61. The van der Waals surface area contributed by atoms with Crippen LogP contribution in [-0.2, 0) is 0 Å². The first-order valence-corrected chi connectivity index (χ1v) is 8.69. The van der Waals surface area contributed by atoms with Gasteiger partial charge >= 0.3 is 5.69 Å². The molecule has 0 spiro atoms. The third-order valence-electron chi connectivity index (χ3n) is 1.61. The van der Waals surface area contributed by atoms with Crippen LogP contribution in [0.1, 0.15) is 0 Å². The molecule has 0 aliphatic heterocycles. The van der Waals surface area contributed by atoms with E-state index in [1.165, 1.54) is 12.1 Å². The largest absolute Gasteiger partial charge is 0.540 e. The van der Waals surface area contributed by atoms with Crippen LogP contribution in [0.3, 0.4) is 0 Å². The van der Waals surface area contributed by atoms with E-state index >= 15 is 0 Å². The van der Waals surface area contributed by atoms with Gasteiger partial charge in [0.05, 0.1) is 15.0 Å². The molecule has 0 N–H and O–H groups in total. The van der Waals surface area contributed by atoms with Gasteiger partial charge in [-0.15, -0.1) is 0 Å². The van der Waals surface area contributed by atoms with Crippen molar-refractivity contribution in [2.45, 2.75) is 19.6 Å². The zero-order valence-electron chi connectivity index (χ0n) is 9.08. The van der Waals surface area contributed by atoms with Gasteiger partial charge in [0.2, 0.25) is 8.32 Å². The summed E-state index contributed by atoms with van der Waals surface area (Å²) in [7, 11) is -1.92. The van der Waals surface area contributed by atoms with Crippen molar-refractivity contribution in [1.82, 2.24) is 0 Å². The Hall–Kier alpha value is -0.783. The fourth-order valence-corrected chi connectivity index (χ4v) is 2.21. The number of nitro benzene ring substituents is 1. The second-order valence-corrected chi connectivity index (χ2v) is 9.45. The molecule has 7 heteroatoms. The molecule has 0 radical (unpaired) electrons. The van der Waals surface area contributed by atoms with Crippen molar-refractivity contribution in [3.8, 4) is 5.75 Å². The zero-order chi connectivity index (χ0) is 12.5. The number of hydrogen-bond donors (Lipinski definition) is 0. The van der Waals surface area contributed by atoms with Crippen molar-refractivity contribution < 1.29 is 9.35 Å². The van der Waals surface area contributed by atoms with Crippen LogP contribution >= 0.6 is 23.2 Å². The van der Waals surface area contributed by atoms with Crippen molar-refractivity contribution in [2.75, 3.05) is 0 Å². The lowest BCUT2D eigenvalue weighted by Crippen LogP contribution is -2.29. The van der Waals surface area contributed by atoms with Gasteiger partial charge in [0.15, 0.2) is 5.75 Å². The van der Waals surface area contributed by atoms with Gasteiger partial charge in [-0.2, -0.15) is 0 Å². The fourth-order valence-electron chi connectivity index (χ4n) is 1.07. The average Bonchev–Trinajstić information content (AvgIpc) is 2.07. The van der Waals surface area contributed by atoms with Crippen LogP contribution in [-0.4, -0.2) is 13.2 Å². The topological polar surface area (TPSA) is 52.4 Å². The SMILES string of the molecule is C[Si](C)(C)Oc1cc(Cl)c(Cl)cc1[N+](=O)[O-]. The molecule has 0 aliphatic carbocycles. The van der Waals surface area contributed by atoms with E-state index in [9.17, 15) is 10.1 Å². The van der Waals surface area contributed by atoms with Crippen LogP contribution in [0, 0.1) is 10.1 Å². The first-order chi connectivity index (χ1) is 7.20. The Balaban J connectivity index is 3.25. The molecule has 0 aromatic heterocycles. The predicted octanol–water partition coefficient (Wildman–Crippen LogP) is 4.12. The lowest BCUT2D eigenvalue weighted by molar-refractivity contribution is -0.385. The van der Waals surface area contributed by atoms with Gasteiger partial charge in [0, 0.05) is 12.1 Å². The van der Waals surface area contributed by atoms with Crippen molar-refractivity contribution >= 4 is 37.2 Å². The maximum atomic E-state index is 10.8. The maximum absolute atomic E-state index is 10.8. The van der Waals surface area contributed by atoms with Crippen LogP contribution in [0.5, 0.6) is 5.75 Å². The van der Waals surface area contributed by atoms with E-state index in [-0.39, 0.29) is 21.5 Å². The quantitative estimate of drug-likeness (QED) is 0.475. The van der Waals surface area contributed by atoms with Gasteiger partial charge in [0.1, 0.15) is 0 Å². The Morgan fingerprint density at radius 3 is 2.19 bits per heavy atom. The molecular weight excluding hydrogens is 269 g/mol. The number of halogens is 2. The van der Waals surface area contributed by atoms with E-state index in [4.69, 9.17) is 27.6 Å². The zero-order valence-corrected chi connectivity index (χ0v) is 11.6. The van der Waals surface area contributed by atoms with Crippen LogP contribution in [0.2, 0.25) is 29.7 Å². The summed E-state index contributed by atoms with van der Waals surface area (Å²) in [6, 6.07) is 2.60. The van der Waals surface area contributed by atoms with Crippen molar-refractivity contribution in [2.24, 2.45) is 0 Å². The highest BCUT2D eigenvalue weighted by atomic mass is 35.5. The minimum atomic E-state index is -1.92. The lowest BCUT2D eigenvalue weighted by atomic mass is 10.3. The predicted molar refractivity (Wildman–Crippen MR) is 67.1 cm³/mol. The highest BCUT2D eigenvalue weighted by Crippen LogP contribution is 2.36. The minimum absolute atomic E-state index is 0.149. The van der Waals surface area contributed by atoms with Gasteiger partial charge in [-0.05, 0) is 19.6 Å². The Bertz CT molecular complexity index is 431. The summed E-state index contributed by atoms with van der Waals surface area (Å²) in [4.78, 5) is 10.3. The van der Waals surface area contributed by atoms with Crippen LogP contribution < -0.4 is 4.43 Å². The van der Waals surface area contributed by atoms with E-state index in [1.54, 1.807) is 0 Å². The molecule has 1 rings (SSSR count). The van der Waals surface area contributed by atoms with E-state index < -0.39 is 13.2 Å². The summed E-state index contributed by atoms with van der Waals surface area (Å²) >= 11 is 11.5. The second-order valence-electron chi connectivity index (χ2n) is 4.21. The molecule has 0 aliphatic rings. The minimum Gasteiger partial charge on any atom is -0.540 e. The maximum Gasteiger partial charge on any atom is 0.311 e. The molecule has 16 heavy (non-hydrogen) atoms. The molecule has 0 saturated heterocycles. The average molecular weight is 280 g/mol. The van der Waals surface area contributed by atoms with Gasteiger partial charge in [-0.25, -0.2) is 0 Å². The van der Waals surface area contributed by atoms with Gasteiger partial charge in [-0.1, -0.05) is 23.2 Å². The first-order valence-electron chi connectivity index (χ1n) is 4.53. The third kappa shape index (κ3) is 3.36. The van der Waals surface area contributed by atoms with Gasteiger partial charge < -0.3 is 4.43 Å². The number of hydrogen-bond acceptors (Lipinski definition) is 3. The molecule has 1 aromatic carbocycles. The molecule has 0 fully saturated rings. The molecule has 0 atom stereocenters. The summed E-state index contributed by atoms with van der Waals surface area (Å²) in [6.45, 7) is 5.79. The number of benzene rings is 1. The Morgan fingerprint density at radius 1 is 1.25 bits per heavy atom. The molecule has 0 unspecified atom stereocenters. The first kappa shape index (κ1) is 13.3. The van der Waals surface area contributed by atoms with E-state index in [0.29, 0.717) is 0 Å². The van der Waals surface area contributed by atoms with E-state index in [1.807, 2.05) is 19.6 Å². The van der Waals surface area contributed by atoms with Crippen molar-refractivity contribution in [1.29, 1.82) is 0 Å². The number of nitrogens with zero attached hydrogens (tertiary/aromatic N) is 1. The van der Waals surface area contributed by atoms with E-state index in [0.717, 1.165) is 0 Å². The standard InChI is InChI=1S/C9H11Cl2NO3Si/c1-16(2,3)15-9-5-7(11)6(10)4-8(9)12(13)14/h4-5H,1-3H3. The highest BCUT2D eigenvalue weighted by Gasteiger charge is 2.24. The number of rotatable bonds is 3. The van der Waals surface area contributed by atoms with Crippen LogP contribution in [0.4, 0.5) is 5.69 Å². The summed E-state index contributed by atoms with van der Waals surface area (Å²) in [5, 5.41) is 11.2. The summed E-state index contributed by atoms with van der Waals surface area (Å²) in [6.07, 6.45) is 0. The lowest BCUT2D eigenvalue weighted by Gasteiger charge is -2.19. The van der Waals surface area contributed by atoms with Crippen molar-refractivity contribution in [3.05, 3.63) is 32.3 Å². The molecule has 0 amide bonds. The summed E-state index contributed by atoms with van der Waals surface area (Å²) in [5.41, 5.74) is -0.156. The molecule has 0 saturated carbocycles. The molecule has 4 nitrogen and oxygen atoms in total. The van der Waals surface area contributed by atoms with Crippen molar-refractivity contribution in [3.63, 3.8) is 0 Å². The Morgan fingerprint density at radius 2 is 1.75 bits per heavy atom. The highest BCUT2D eigenvalue weighted by molar-refractivity contribution is 6.70. The normalized spacial score (nSPS) is 11.3. The third-order valence-corrected chi connectivity index (χ3v) is 3.17. The molecule has 88 valence electrons. The van der Waals surface area contributed by atoms with Gasteiger partial charge in [0.25, 0.3) is 0 Å². The monoisotopic (exact) mass is 279 g/mol. The Labute approximate surface area is 104 Å². The van der Waals surface area contributed by atoms with Crippen LogP contribution in [0.15, 0.2) is 12.1 Å². The molecular formula is C9H11Cl2NO3Si. The van der Waals surface area contributed by atoms with Crippen LogP contribution in [0.25, 0.3) is 0 Å². The smallest absolute Gasteiger partial charge is 0.311 e. The summed E-state index contributed by atoms with van der Waals surface area (Å²) in [5.74, 6) is 0.179. The van der Waals surface area contributed by atoms with Gasteiger partial charge in [-0.3, -0.25) is 10.1 Å². The van der Waals surface area contributed by atoms with E-state index in [2.05, 4.69) is 0 Å². The number of nitro groups is 1. The molecule has 0 bridgehead atoms. The molecule has 0 heterocycles.